The molecule has 1 fully saturated rings. The molecule has 10 heteroatoms. The SMILES string of the molecule is Cc1cc(/C(O)=C2\C(=O)C(=O)N(c3nc4cc(Cl)c(F)cc4s3)C2c2ccncc2)ccc1OCc1ccccc1. The van der Waals surface area contributed by atoms with Crippen LogP contribution >= 0.6 is 22.9 Å². The number of anilines is 1. The molecule has 3 heterocycles. The average molecular weight is 586 g/mol. The number of carbonyl (C=O) groups excluding carboxylic acids is 2. The fraction of sp³-hybridized carbons (Fsp3) is 0.0968. The van der Waals surface area contributed by atoms with E-state index in [9.17, 15) is 19.1 Å². The molecule has 7 nitrogen and oxygen atoms in total. The van der Waals surface area contributed by atoms with Crippen molar-refractivity contribution in [2.24, 2.45) is 0 Å². The number of hydrogen-bond donors (Lipinski definition) is 1. The number of Topliss-reactive ketones (excluding diaryl/α,β-unsaturated/α-hetero) is 1. The quantitative estimate of drug-likeness (QED) is 0.131. The predicted molar refractivity (Wildman–Crippen MR) is 156 cm³/mol. The molecule has 0 bridgehead atoms. The maximum Gasteiger partial charge on any atom is 0.301 e. The number of halogens is 2. The van der Waals surface area contributed by atoms with Crippen LogP contribution in [0, 0.1) is 12.7 Å². The number of benzene rings is 3. The topological polar surface area (TPSA) is 92.6 Å². The van der Waals surface area contributed by atoms with Crippen LogP contribution in [0.15, 0.2) is 90.8 Å². The van der Waals surface area contributed by atoms with Crippen LogP contribution in [-0.2, 0) is 16.2 Å². The van der Waals surface area contributed by atoms with Gasteiger partial charge >= 0.3 is 5.91 Å². The van der Waals surface area contributed by atoms with Crippen molar-refractivity contribution in [3.8, 4) is 5.75 Å². The number of aromatic nitrogens is 2. The number of carbonyl (C=O) groups is 2. The van der Waals surface area contributed by atoms with Crippen molar-refractivity contribution in [2.75, 3.05) is 4.90 Å². The van der Waals surface area contributed by atoms with Gasteiger partial charge in [0.15, 0.2) is 5.13 Å². The highest BCUT2D eigenvalue weighted by Crippen LogP contribution is 2.44. The number of pyridine rings is 1. The Morgan fingerprint density at radius 2 is 1.83 bits per heavy atom. The number of thiazole rings is 1. The Balaban J connectivity index is 1.41. The molecule has 41 heavy (non-hydrogen) atoms. The molecule has 1 atom stereocenters. The summed E-state index contributed by atoms with van der Waals surface area (Å²) in [6.45, 7) is 2.21. The van der Waals surface area contributed by atoms with E-state index in [1.807, 2.05) is 37.3 Å². The van der Waals surface area contributed by atoms with Gasteiger partial charge in [0.2, 0.25) is 0 Å². The molecule has 1 unspecified atom stereocenters. The van der Waals surface area contributed by atoms with Crippen LogP contribution in [0.25, 0.3) is 16.0 Å². The Morgan fingerprint density at radius 1 is 1.07 bits per heavy atom. The lowest BCUT2D eigenvalue weighted by atomic mass is 9.95. The van der Waals surface area contributed by atoms with E-state index in [0.717, 1.165) is 22.5 Å². The lowest BCUT2D eigenvalue weighted by Gasteiger charge is -2.22. The number of nitrogens with zero attached hydrogens (tertiary/aromatic N) is 3. The van der Waals surface area contributed by atoms with Gasteiger partial charge in [0.05, 0.1) is 26.9 Å². The summed E-state index contributed by atoms with van der Waals surface area (Å²) in [5.41, 5.74) is 2.94. The molecular formula is C31H21ClFN3O4S. The van der Waals surface area contributed by atoms with Crippen LogP contribution in [0.5, 0.6) is 5.75 Å². The number of rotatable bonds is 6. The molecule has 2 aromatic heterocycles. The van der Waals surface area contributed by atoms with Crippen molar-refractivity contribution < 1.29 is 23.8 Å². The first kappa shape index (κ1) is 26.6. The van der Waals surface area contributed by atoms with Crippen molar-refractivity contribution in [3.05, 3.63) is 124 Å². The molecule has 204 valence electrons. The number of aliphatic hydroxyl groups is 1. The van der Waals surface area contributed by atoms with E-state index < -0.39 is 23.5 Å². The minimum absolute atomic E-state index is 0.0953. The monoisotopic (exact) mass is 585 g/mol. The second kappa shape index (κ2) is 10.8. The van der Waals surface area contributed by atoms with Gasteiger partial charge < -0.3 is 9.84 Å². The number of hydrogen-bond acceptors (Lipinski definition) is 7. The molecule has 0 radical (unpaired) electrons. The smallest absolute Gasteiger partial charge is 0.301 e. The highest BCUT2D eigenvalue weighted by molar-refractivity contribution is 7.22. The Hall–Kier alpha value is -4.60. The molecule has 1 aliphatic rings. The highest BCUT2D eigenvalue weighted by atomic mass is 35.5. The first-order valence-electron chi connectivity index (χ1n) is 12.6. The van der Waals surface area contributed by atoms with Gasteiger partial charge in [-0.15, -0.1) is 0 Å². The summed E-state index contributed by atoms with van der Waals surface area (Å²) >= 11 is 6.98. The Bertz CT molecular complexity index is 1800. The van der Waals surface area contributed by atoms with E-state index in [0.29, 0.717) is 33.7 Å². The number of amides is 1. The summed E-state index contributed by atoms with van der Waals surface area (Å²) in [6.07, 6.45) is 3.07. The van der Waals surface area contributed by atoms with Crippen molar-refractivity contribution in [1.29, 1.82) is 0 Å². The zero-order chi connectivity index (χ0) is 28.7. The van der Waals surface area contributed by atoms with Gasteiger partial charge in [-0.05, 0) is 66.1 Å². The second-order valence-electron chi connectivity index (χ2n) is 9.43. The number of aliphatic hydroxyl groups excluding tert-OH is 1. The Morgan fingerprint density at radius 3 is 2.56 bits per heavy atom. The third kappa shape index (κ3) is 4.94. The van der Waals surface area contributed by atoms with Crippen LogP contribution in [-0.4, -0.2) is 26.8 Å². The standard InChI is InChI=1S/C31H21ClFN3O4S/c1-17-13-20(7-8-24(17)40-16-18-5-3-2-4-6-18)28(37)26-27(19-9-11-34-12-10-19)36(30(39)29(26)38)31-35-23-14-21(32)22(33)15-25(23)41-31/h2-15,27,37H,16H2,1H3/b28-26+. The van der Waals surface area contributed by atoms with Crippen molar-refractivity contribution in [1.82, 2.24) is 9.97 Å². The first-order valence-corrected chi connectivity index (χ1v) is 13.8. The molecule has 0 spiro atoms. The summed E-state index contributed by atoms with van der Waals surface area (Å²) in [4.78, 5) is 36.7. The predicted octanol–water partition coefficient (Wildman–Crippen LogP) is 7.00. The maximum atomic E-state index is 14.1. The summed E-state index contributed by atoms with van der Waals surface area (Å²) in [5.74, 6) is -2.06. The average Bonchev–Trinajstić information content (AvgIpc) is 3.50. The van der Waals surface area contributed by atoms with Crippen molar-refractivity contribution >= 4 is 55.7 Å². The lowest BCUT2D eigenvalue weighted by Crippen LogP contribution is -2.29. The molecule has 1 N–H and O–H groups in total. The van der Waals surface area contributed by atoms with Gasteiger partial charge in [-0.1, -0.05) is 53.3 Å². The highest BCUT2D eigenvalue weighted by Gasteiger charge is 2.48. The summed E-state index contributed by atoms with van der Waals surface area (Å²) in [7, 11) is 0. The van der Waals surface area contributed by atoms with E-state index in [1.165, 1.54) is 29.4 Å². The van der Waals surface area contributed by atoms with E-state index >= 15 is 0 Å². The molecular weight excluding hydrogens is 565 g/mol. The van der Waals surface area contributed by atoms with Crippen molar-refractivity contribution in [2.45, 2.75) is 19.6 Å². The maximum absolute atomic E-state index is 14.1. The fourth-order valence-electron chi connectivity index (χ4n) is 4.75. The minimum Gasteiger partial charge on any atom is -0.507 e. The Labute approximate surface area is 243 Å². The number of aryl methyl sites for hydroxylation is 1. The number of ether oxygens (including phenoxy) is 1. The first-order chi connectivity index (χ1) is 19.8. The van der Waals surface area contributed by atoms with Crippen LogP contribution in [0.1, 0.15) is 28.3 Å². The second-order valence-corrected chi connectivity index (χ2v) is 10.9. The molecule has 1 amide bonds. The number of ketones is 1. The molecule has 0 saturated carbocycles. The van der Waals surface area contributed by atoms with E-state index in [4.69, 9.17) is 16.3 Å². The van der Waals surface area contributed by atoms with Gasteiger partial charge in [0.25, 0.3) is 5.78 Å². The van der Waals surface area contributed by atoms with Crippen LogP contribution < -0.4 is 9.64 Å². The summed E-state index contributed by atoms with van der Waals surface area (Å²) in [5, 5.41) is 11.5. The van der Waals surface area contributed by atoms with Gasteiger partial charge in [0.1, 0.15) is 23.9 Å². The van der Waals surface area contributed by atoms with Gasteiger partial charge in [-0.25, -0.2) is 9.37 Å². The normalized spacial score (nSPS) is 16.5. The summed E-state index contributed by atoms with van der Waals surface area (Å²) < 4.78 is 20.5. The van der Waals surface area contributed by atoms with Crippen LogP contribution in [0.4, 0.5) is 9.52 Å². The number of fused-ring (bicyclic) bond motifs is 1. The zero-order valence-electron chi connectivity index (χ0n) is 21.5. The molecule has 3 aromatic carbocycles. The zero-order valence-corrected chi connectivity index (χ0v) is 23.1. The molecule has 1 saturated heterocycles. The van der Waals surface area contributed by atoms with Crippen molar-refractivity contribution in [3.63, 3.8) is 0 Å². The largest absolute Gasteiger partial charge is 0.507 e. The van der Waals surface area contributed by atoms with Gasteiger partial charge in [0, 0.05) is 18.0 Å². The minimum atomic E-state index is -0.992. The van der Waals surface area contributed by atoms with Gasteiger partial charge in [-0.2, -0.15) is 0 Å². The van der Waals surface area contributed by atoms with Crippen LogP contribution in [0.2, 0.25) is 5.02 Å². The molecule has 6 rings (SSSR count). The lowest BCUT2D eigenvalue weighted by molar-refractivity contribution is -0.132. The third-order valence-electron chi connectivity index (χ3n) is 6.78. The molecule has 0 aliphatic carbocycles. The summed E-state index contributed by atoms with van der Waals surface area (Å²) in [6, 6.07) is 19.7. The van der Waals surface area contributed by atoms with E-state index in [1.54, 1.807) is 30.3 Å². The van der Waals surface area contributed by atoms with Gasteiger partial charge in [-0.3, -0.25) is 19.5 Å². The Kier molecular flexibility index (Phi) is 6.98. The van der Waals surface area contributed by atoms with E-state index in [-0.39, 0.29) is 21.5 Å². The fourth-order valence-corrected chi connectivity index (χ4v) is 5.91. The molecule has 1 aliphatic heterocycles. The van der Waals surface area contributed by atoms with Crippen LogP contribution in [0.3, 0.4) is 0 Å². The molecule has 5 aromatic rings. The van der Waals surface area contributed by atoms with E-state index in [2.05, 4.69) is 9.97 Å². The third-order valence-corrected chi connectivity index (χ3v) is 8.08.